The van der Waals surface area contributed by atoms with Gasteiger partial charge in [-0.1, -0.05) is 36.4 Å². The zero-order valence-electron chi connectivity index (χ0n) is 16.3. The fourth-order valence-electron chi connectivity index (χ4n) is 4.29. The van der Waals surface area contributed by atoms with E-state index < -0.39 is 0 Å². The molecule has 4 rings (SSSR count). The van der Waals surface area contributed by atoms with Crippen molar-refractivity contribution in [3.8, 4) is 0 Å². The molecule has 0 aliphatic carbocycles. The summed E-state index contributed by atoms with van der Waals surface area (Å²) in [6.45, 7) is 7.95. The van der Waals surface area contributed by atoms with Crippen LogP contribution < -0.4 is 10.6 Å². The van der Waals surface area contributed by atoms with Crippen LogP contribution in [0.15, 0.2) is 42.5 Å². The minimum absolute atomic E-state index is 0.139. The topological polar surface area (TPSA) is 44.4 Å². The number of para-hydroxylation sites is 1. The van der Waals surface area contributed by atoms with Crippen LogP contribution in [0.25, 0.3) is 0 Å². The summed E-state index contributed by atoms with van der Waals surface area (Å²) >= 11 is 0. The van der Waals surface area contributed by atoms with Crippen LogP contribution in [-0.4, -0.2) is 29.4 Å². The molecule has 0 atom stereocenters. The van der Waals surface area contributed by atoms with Crippen LogP contribution in [0.3, 0.4) is 0 Å². The number of benzene rings is 2. The molecule has 1 amide bonds. The molecule has 1 spiro atoms. The van der Waals surface area contributed by atoms with Gasteiger partial charge >= 0.3 is 0 Å². The first-order chi connectivity index (χ1) is 13.0. The maximum absolute atomic E-state index is 12.4. The normalized spacial score (nSPS) is 19.6. The van der Waals surface area contributed by atoms with Crippen molar-refractivity contribution in [2.24, 2.45) is 0 Å². The largest absolute Gasteiger partial charge is 0.379 e. The molecule has 2 heterocycles. The lowest BCUT2D eigenvalue weighted by molar-refractivity contribution is -0.122. The molecule has 2 aliphatic heterocycles. The highest BCUT2D eigenvalue weighted by molar-refractivity contribution is 5.79. The molecule has 0 aromatic heterocycles. The average molecular weight is 364 g/mol. The van der Waals surface area contributed by atoms with Crippen molar-refractivity contribution in [3.05, 3.63) is 64.7 Å². The highest BCUT2D eigenvalue weighted by Crippen LogP contribution is 2.33. The summed E-state index contributed by atoms with van der Waals surface area (Å²) in [7, 11) is 0. The van der Waals surface area contributed by atoms with Gasteiger partial charge in [-0.3, -0.25) is 9.69 Å². The van der Waals surface area contributed by atoms with E-state index in [1.54, 1.807) is 0 Å². The third-order valence-electron chi connectivity index (χ3n) is 6.18. The van der Waals surface area contributed by atoms with E-state index in [1.165, 1.54) is 27.9 Å². The van der Waals surface area contributed by atoms with E-state index in [-0.39, 0.29) is 11.4 Å². The third kappa shape index (κ3) is 4.01. The van der Waals surface area contributed by atoms with E-state index >= 15 is 0 Å². The standard InChI is InChI=1S/C23H29N3O/c1-17-7-8-19(13-18(17)2)16-26-11-9-23(10-12-26)14-22(27)24-15-20-5-3-4-6-21(20)25-23/h3-8,13,25H,9-12,14-16H2,1-2H3,(H,24,27). The second-order valence-electron chi connectivity index (χ2n) is 8.21. The summed E-state index contributed by atoms with van der Waals surface area (Å²) < 4.78 is 0. The van der Waals surface area contributed by atoms with Gasteiger partial charge in [0.05, 0.1) is 0 Å². The summed E-state index contributed by atoms with van der Waals surface area (Å²) in [4.78, 5) is 14.9. The number of carbonyl (C=O) groups is 1. The Hall–Kier alpha value is -2.33. The molecule has 4 heteroatoms. The Kier molecular flexibility index (Phi) is 4.92. The number of anilines is 1. The Bertz CT molecular complexity index is 837. The number of likely N-dealkylation sites (tertiary alicyclic amines) is 1. The monoisotopic (exact) mass is 363 g/mol. The van der Waals surface area contributed by atoms with Gasteiger partial charge in [-0.2, -0.15) is 0 Å². The van der Waals surface area contributed by atoms with E-state index in [0.717, 1.165) is 32.5 Å². The summed E-state index contributed by atoms with van der Waals surface area (Å²) in [5.41, 5.74) is 6.28. The summed E-state index contributed by atoms with van der Waals surface area (Å²) in [5, 5.41) is 6.84. The molecule has 2 N–H and O–H groups in total. The van der Waals surface area contributed by atoms with Gasteiger partial charge in [-0.05, 0) is 55.0 Å². The van der Waals surface area contributed by atoms with E-state index in [1.807, 2.05) is 6.07 Å². The highest BCUT2D eigenvalue weighted by atomic mass is 16.1. The number of hydrogen-bond acceptors (Lipinski definition) is 3. The molecule has 1 saturated heterocycles. The Balaban J connectivity index is 1.46. The first kappa shape index (κ1) is 18.1. The number of carbonyl (C=O) groups excluding carboxylic acids is 1. The molecule has 4 nitrogen and oxygen atoms in total. The van der Waals surface area contributed by atoms with Crippen molar-refractivity contribution in [2.45, 2.75) is 51.7 Å². The zero-order valence-corrected chi connectivity index (χ0v) is 16.3. The summed E-state index contributed by atoms with van der Waals surface area (Å²) in [5.74, 6) is 0.152. The minimum Gasteiger partial charge on any atom is -0.379 e. The number of amides is 1. The van der Waals surface area contributed by atoms with Crippen molar-refractivity contribution in [2.75, 3.05) is 18.4 Å². The van der Waals surface area contributed by atoms with Crippen LogP contribution >= 0.6 is 0 Å². The zero-order chi connectivity index (χ0) is 18.9. The Morgan fingerprint density at radius 2 is 1.81 bits per heavy atom. The molecule has 0 saturated carbocycles. The van der Waals surface area contributed by atoms with E-state index in [9.17, 15) is 4.79 Å². The molecule has 0 unspecified atom stereocenters. The third-order valence-corrected chi connectivity index (χ3v) is 6.18. The molecular formula is C23H29N3O. The number of hydrogen-bond donors (Lipinski definition) is 2. The van der Waals surface area contributed by atoms with Crippen LogP contribution in [0, 0.1) is 13.8 Å². The maximum Gasteiger partial charge on any atom is 0.222 e. The lowest BCUT2D eigenvalue weighted by Gasteiger charge is -2.44. The smallest absolute Gasteiger partial charge is 0.222 e. The quantitative estimate of drug-likeness (QED) is 0.854. The summed E-state index contributed by atoms with van der Waals surface area (Å²) in [6, 6.07) is 15.1. The predicted molar refractivity (Wildman–Crippen MR) is 110 cm³/mol. The Morgan fingerprint density at radius 3 is 2.59 bits per heavy atom. The van der Waals surface area contributed by atoms with Crippen molar-refractivity contribution in [3.63, 3.8) is 0 Å². The molecule has 27 heavy (non-hydrogen) atoms. The second-order valence-corrected chi connectivity index (χ2v) is 8.21. The molecule has 2 aromatic rings. The summed E-state index contributed by atoms with van der Waals surface area (Å²) in [6.07, 6.45) is 2.53. The number of fused-ring (bicyclic) bond motifs is 1. The SMILES string of the molecule is Cc1ccc(CN2CCC3(CC2)CC(=O)NCc2ccccc2N3)cc1C. The molecular weight excluding hydrogens is 334 g/mol. The van der Waals surface area contributed by atoms with E-state index in [4.69, 9.17) is 0 Å². The molecule has 142 valence electrons. The average Bonchev–Trinajstić information content (AvgIpc) is 2.65. The fraction of sp³-hybridized carbons (Fsp3) is 0.435. The Labute approximate surface area is 162 Å². The number of nitrogens with zero attached hydrogens (tertiary/aromatic N) is 1. The molecule has 2 aliphatic rings. The number of aryl methyl sites for hydroxylation is 2. The van der Waals surface area contributed by atoms with Gasteiger partial charge in [0.1, 0.15) is 0 Å². The van der Waals surface area contributed by atoms with Crippen LogP contribution in [-0.2, 0) is 17.9 Å². The second kappa shape index (κ2) is 7.35. The lowest BCUT2D eigenvalue weighted by Crippen LogP contribution is -2.52. The molecule has 0 radical (unpaired) electrons. The van der Waals surface area contributed by atoms with Gasteiger partial charge in [0.25, 0.3) is 0 Å². The number of nitrogens with one attached hydrogen (secondary N) is 2. The molecule has 0 bridgehead atoms. The minimum atomic E-state index is -0.139. The van der Waals surface area contributed by atoms with E-state index in [0.29, 0.717) is 13.0 Å². The van der Waals surface area contributed by atoms with Crippen molar-refractivity contribution >= 4 is 11.6 Å². The number of rotatable bonds is 2. The fourth-order valence-corrected chi connectivity index (χ4v) is 4.29. The predicted octanol–water partition coefficient (Wildman–Crippen LogP) is 3.77. The van der Waals surface area contributed by atoms with E-state index in [2.05, 4.69) is 65.8 Å². The maximum atomic E-state index is 12.4. The van der Waals surface area contributed by atoms with Gasteiger partial charge in [-0.25, -0.2) is 0 Å². The van der Waals surface area contributed by atoms with Gasteiger partial charge in [0.15, 0.2) is 0 Å². The first-order valence-corrected chi connectivity index (χ1v) is 9.94. The van der Waals surface area contributed by atoms with Gasteiger partial charge < -0.3 is 10.6 Å². The van der Waals surface area contributed by atoms with Crippen molar-refractivity contribution < 1.29 is 4.79 Å². The Morgan fingerprint density at radius 1 is 1.04 bits per heavy atom. The van der Waals surface area contributed by atoms with Crippen LogP contribution in [0.1, 0.15) is 41.5 Å². The van der Waals surface area contributed by atoms with Gasteiger partial charge in [0.2, 0.25) is 5.91 Å². The van der Waals surface area contributed by atoms with Crippen LogP contribution in [0.4, 0.5) is 5.69 Å². The van der Waals surface area contributed by atoms with Gasteiger partial charge in [-0.15, -0.1) is 0 Å². The lowest BCUT2D eigenvalue weighted by atomic mass is 9.82. The number of piperidine rings is 1. The molecule has 2 aromatic carbocycles. The highest BCUT2D eigenvalue weighted by Gasteiger charge is 2.37. The van der Waals surface area contributed by atoms with Crippen LogP contribution in [0.2, 0.25) is 0 Å². The van der Waals surface area contributed by atoms with Crippen LogP contribution in [0.5, 0.6) is 0 Å². The van der Waals surface area contributed by atoms with Crippen molar-refractivity contribution in [1.29, 1.82) is 0 Å². The molecule has 1 fully saturated rings. The van der Waals surface area contributed by atoms with Crippen molar-refractivity contribution in [1.82, 2.24) is 10.2 Å². The van der Waals surface area contributed by atoms with Gasteiger partial charge in [0, 0.05) is 43.8 Å². The first-order valence-electron chi connectivity index (χ1n) is 9.94.